The molecule has 0 saturated heterocycles. The molecule has 1 unspecified atom stereocenters. The molecule has 0 aliphatic heterocycles. The first kappa shape index (κ1) is 16.9. The monoisotopic (exact) mass is 319 g/mol. The lowest BCUT2D eigenvalue weighted by atomic mass is 10.0. The van der Waals surface area contributed by atoms with Crippen LogP contribution in [0.2, 0.25) is 0 Å². The summed E-state index contributed by atoms with van der Waals surface area (Å²) in [7, 11) is 0. The fourth-order valence-electron chi connectivity index (χ4n) is 2.39. The van der Waals surface area contributed by atoms with E-state index in [2.05, 4.69) is 10.1 Å². The van der Waals surface area contributed by atoms with Gasteiger partial charge in [0, 0.05) is 11.1 Å². The standard InChI is InChI=1S/C18H19F2NO2/c1-11-7-6-9-14(12(11)2)17(22)21-13(3)15-8-4-5-10-16(15)23-18(19)20/h4-10,13,18H,1-3H3,(H,21,22). The quantitative estimate of drug-likeness (QED) is 0.887. The average Bonchev–Trinajstić information content (AvgIpc) is 2.49. The highest BCUT2D eigenvalue weighted by Gasteiger charge is 2.18. The van der Waals surface area contributed by atoms with Crippen molar-refractivity contribution in [3.8, 4) is 5.75 Å². The van der Waals surface area contributed by atoms with Crippen LogP contribution in [-0.4, -0.2) is 12.5 Å². The molecule has 0 spiro atoms. The molecule has 2 rings (SSSR count). The molecule has 1 amide bonds. The Hall–Kier alpha value is -2.43. The topological polar surface area (TPSA) is 38.3 Å². The summed E-state index contributed by atoms with van der Waals surface area (Å²) in [5.41, 5.74) is 3.00. The van der Waals surface area contributed by atoms with Gasteiger partial charge in [-0.3, -0.25) is 4.79 Å². The Balaban J connectivity index is 2.20. The Kier molecular flexibility index (Phi) is 5.32. The number of benzene rings is 2. The van der Waals surface area contributed by atoms with Gasteiger partial charge in [-0.05, 0) is 44.0 Å². The van der Waals surface area contributed by atoms with Gasteiger partial charge in [-0.15, -0.1) is 0 Å². The predicted molar refractivity (Wildman–Crippen MR) is 84.9 cm³/mol. The van der Waals surface area contributed by atoms with Crippen LogP contribution in [0.15, 0.2) is 42.5 Å². The Bertz CT molecular complexity index is 701. The summed E-state index contributed by atoms with van der Waals surface area (Å²) in [6.45, 7) is 2.64. The second-order valence-electron chi connectivity index (χ2n) is 5.36. The molecule has 3 nitrogen and oxygen atoms in total. The second-order valence-corrected chi connectivity index (χ2v) is 5.36. The number of hydrogen-bond donors (Lipinski definition) is 1. The molecular weight excluding hydrogens is 300 g/mol. The Morgan fingerprint density at radius 1 is 1.09 bits per heavy atom. The molecule has 122 valence electrons. The first-order chi connectivity index (χ1) is 10.9. The van der Waals surface area contributed by atoms with Crippen molar-refractivity contribution >= 4 is 5.91 Å². The molecule has 0 aliphatic carbocycles. The van der Waals surface area contributed by atoms with E-state index in [9.17, 15) is 13.6 Å². The van der Waals surface area contributed by atoms with Gasteiger partial charge in [0.2, 0.25) is 0 Å². The fourth-order valence-corrected chi connectivity index (χ4v) is 2.39. The summed E-state index contributed by atoms with van der Waals surface area (Å²) in [6, 6.07) is 11.5. The van der Waals surface area contributed by atoms with E-state index < -0.39 is 12.7 Å². The molecule has 0 radical (unpaired) electrons. The zero-order valence-electron chi connectivity index (χ0n) is 13.3. The molecule has 23 heavy (non-hydrogen) atoms. The molecule has 2 aromatic rings. The minimum absolute atomic E-state index is 0.0660. The van der Waals surface area contributed by atoms with Crippen LogP contribution in [0, 0.1) is 13.8 Å². The van der Waals surface area contributed by atoms with E-state index in [0.29, 0.717) is 11.1 Å². The van der Waals surface area contributed by atoms with Crippen molar-refractivity contribution in [2.75, 3.05) is 0 Å². The maximum atomic E-state index is 12.5. The van der Waals surface area contributed by atoms with Crippen LogP contribution in [0.25, 0.3) is 0 Å². The van der Waals surface area contributed by atoms with Gasteiger partial charge >= 0.3 is 6.61 Å². The van der Waals surface area contributed by atoms with Crippen LogP contribution < -0.4 is 10.1 Å². The van der Waals surface area contributed by atoms with E-state index in [-0.39, 0.29) is 11.7 Å². The molecule has 1 atom stereocenters. The Morgan fingerprint density at radius 3 is 2.48 bits per heavy atom. The van der Waals surface area contributed by atoms with Gasteiger partial charge in [-0.1, -0.05) is 30.3 Å². The lowest BCUT2D eigenvalue weighted by Gasteiger charge is -2.19. The molecule has 0 heterocycles. The molecule has 0 aromatic heterocycles. The number of carbonyl (C=O) groups is 1. The van der Waals surface area contributed by atoms with Gasteiger partial charge in [-0.2, -0.15) is 8.78 Å². The predicted octanol–water partition coefficient (Wildman–Crippen LogP) is 4.40. The summed E-state index contributed by atoms with van der Waals surface area (Å²) >= 11 is 0. The maximum absolute atomic E-state index is 12.5. The van der Waals surface area contributed by atoms with Crippen LogP contribution in [-0.2, 0) is 0 Å². The molecule has 2 aromatic carbocycles. The van der Waals surface area contributed by atoms with Crippen molar-refractivity contribution in [3.63, 3.8) is 0 Å². The average molecular weight is 319 g/mol. The zero-order valence-corrected chi connectivity index (χ0v) is 13.3. The lowest BCUT2D eigenvalue weighted by molar-refractivity contribution is -0.0506. The maximum Gasteiger partial charge on any atom is 0.387 e. The summed E-state index contributed by atoms with van der Waals surface area (Å²) in [5, 5.41) is 2.83. The van der Waals surface area contributed by atoms with Crippen molar-refractivity contribution in [1.82, 2.24) is 5.32 Å². The van der Waals surface area contributed by atoms with Gasteiger partial charge in [0.25, 0.3) is 5.91 Å². The molecule has 0 aliphatic rings. The van der Waals surface area contributed by atoms with E-state index >= 15 is 0 Å². The highest BCUT2D eigenvalue weighted by molar-refractivity contribution is 5.96. The van der Waals surface area contributed by atoms with Crippen molar-refractivity contribution < 1.29 is 18.3 Å². The van der Waals surface area contributed by atoms with Crippen LogP contribution in [0.4, 0.5) is 8.78 Å². The van der Waals surface area contributed by atoms with Gasteiger partial charge < -0.3 is 10.1 Å². The van der Waals surface area contributed by atoms with E-state index in [0.717, 1.165) is 11.1 Å². The number of nitrogens with one attached hydrogen (secondary N) is 1. The highest BCUT2D eigenvalue weighted by Crippen LogP contribution is 2.26. The fraction of sp³-hybridized carbons (Fsp3) is 0.278. The Labute approximate surface area is 134 Å². The number of aryl methyl sites for hydroxylation is 1. The second kappa shape index (κ2) is 7.22. The van der Waals surface area contributed by atoms with Crippen molar-refractivity contribution in [3.05, 3.63) is 64.7 Å². The van der Waals surface area contributed by atoms with E-state index in [4.69, 9.17) is 0 Å². The van der Waals surface area contributed by atoms with E-state index in [1.165, 1.54) is 6.07 Å². The van der Waals surface area contributed by atoms with Gasteiger partial charge in [-0.25, -0.2) is 0 Å². The van der Waals surface area contributed by atoms with Crippen molar-refractivity contribution in [1.29, 1.82) is 0 Å². The van der Waals surface area contributed by atoms with Gasteiger partial charge in [0.1, 0.15) is 5.75 Å². The lowest BCUT2D eigenvalue weighted by Crippen LogP contribution is -2.28. The van der Waals surface area contributed by atoms with Crippen LogP contribution in [0.3, 0.4) is 0 Å². The summed E-state index contributed by atoms with van der Waals surface area (Å²) in [6.07, 6.45) is 0. The summed E-state index contributed by atoms with van der Waals surface area (Å²) in [5.74, 6) is -0.179. The first-order valence-corrected chi connectivity index (χ1v) is 7.31. The number of halogens is 2. The number of ether oxygens (including phenoxy) is 1. The third-order valence-corrected chi connectivity index (χ3v) is 3.80. The first-order valence-electron chi connectivity index (χ1n) is 7.31. The third-order valence-electron chi connectivity index (χ3n) is 3.80. The summed E-state index contributed by atoms with van der Waals surface area (Å²) in [4.78, 5) is 12.4. The largest absolute Gasteiger partial charge is 0.434 e. The van der Waals surface area contributed by atoms with Crippen molar-refractivity contribution in [2.45, 2.75) is 33.4 Å². The van der Waals surface area contributed by atoms with Crippen LogP contribution in [0.1, 0.15) is 40.0 Å². The van der Waals surface area contributed by atoms with Crippen LogP contribution >= 0.6 is 0 Å². The van der Waals surface area contributed by atoms with Crippen molar-refractivity contribution in [2.24, 2.45) is 0 Å². The minimum atomic E-state index is -2.90. The molecule has 0 saturated carbocycles. The number of rotatable bonds is 5. The minimum Gasteiger partial charge on any atom is -0.434 e. The molecule has 0 fully saturated rings. The smallest absolute Gasteiger partial charge is 0.387 e. The summed E-state index contributed by atoms with van der Waals surface area (Å²) < 4.78 is 29.5. The molecule has 1 N–H and O–H groups in total. The van der Waals surface area contributed by atoms with Crippen LogP contribution in [0.5, 0.6) is 5.75 Å². The van der Waals surface area contributed by atoms with E-state index in [1.807, 2.05) is 26.0 Å². The molecular formula is C18H19F2NO2. The number of para-hydroxylation sites is 1. The normalized spacial score (nSPS) is 12.1. The number of carbonyl (C=O) groups excluding carboxylic acids is 1. The highest BCUT2D eigenvalue weighted by atomic mass is 19.3. The molecule has 0 bridgehead atoms. The van der Waals surface area contributed by atoms with E-state index in [1.54, 1.807) is 31.2 Å². The third kappa shape index (κ3) is 4.06. The number of hydrogen-bond acceptors (Lipinski definition) is 2. The Morgan fingerprint density at radius 2 is 1.78 bits per heavy atom. The number of alkyl halides is 2. The number of amides is 1. The molecule has 5 heteroatoms. The van der Waals surface area contributed by atoms with Gasteiger partial charge in [0.15, 0.2) is 0 Å². The SMILES string of the molecule is Cc1cccc(C(=O)NC(C)c2ccccc2OC(F)F)c1C. The van der Waals surface area contributed by atoms with Gasteiger partial charge in [0.05, 0.1) is 6.04 Å². The zero-order chi connectivity index (χ0) is 17.0.